The van der Waals surface area contributed by atoms with E-state index in [-0.39, 0.29) is 23.6 Å². The van der Waals surface area contributed by atoms with Gasteiger partial charge in [0.05, 0.1) is 12.5 Å². The van der Waals surface area contributed by atoms with Crippen LogP contribution in [-0.4, -0.2) is 17.6 Å². The molecule has 1 aliphatic rings. The van der Waals surface area contributed by atoms with Crippen molar-refractivity contribution < 1.29 is 18.7 Å². The quantitative estimate of drug-likeness (QED) is 0.854. The topological polar surface area (TPSA) is 49.3 Å². The van der Waals surface area contributed by atoms with Crippen LogP contribution in [0.2, 0.25) is 0 Å². The molecule has 0 spiro atoms. The first kappa shape index (κ1) is 16.6. The Balaban J connectivity index is 1.57. The molecule has 1 aliphatic carbocycles. The van der Waals surface area contributed by atoms with Gasteiger partial charge in [-0.3, -0.25) is 4.79 Å². The van der Waals surface area contributed by atoms with Crippen LogP contribution in [0.25, 0.3) is 0 Å². The van der Waals surface area contributed by atoms with Crippen LogP contribution >= 0.6 is 0 Å². The highest BCUT2D eigenvalue weighted by Crippen LogP contribution is 2.48. The monoisotopic (exact) mass is 331 g/mol. The number of carbonyl (C=O) groups is 1. The van der Waals surface area contributed by atoms with Crippen molar-refractivity contribution in [3.05, 3.63) is 71.3 Å². The number of benzene rings is 2. The number of amides is 1. The van der Waals surface area contributed by atoms with Crippen LogP contribution in [0.1, 0.15) is 36.5 Å². The molecule has 0 heterocycles. The average molecular weight is 331 g/mol. The Morgan fingerprint density at radius 3 is 2.58 bits per heavy atom. The fourth-order valence-electron chi connectivity index (χ4n) is 2.93. The Bertz CT molecular complexity index is 744. The summed E-state index contributed by atoms with van der Waals surface area (Å²) in [6.45, 7) is 0.336. The van der Waals surface area contributed by atoms with E-state index in [9.17, 15) is 18.7 Å². The first-order valence-corrected chi connectivity index (χ1v) is 7.95. The van der Waals surface area contributed by atoms with Crippen LogP contribution in [0.4, 0.5) is 8.78 Å². The summed E-state index contributed by atoms with van der Waals surface area (Å²) in [7, 11) is 0. The van der Waals surface area contributed by atoms with Crippen molar-refractivity contribution in [2.75, 3.05) is 6.54 Å². The average Bonchev–Trinajstić information content (AvgIpc) is 3.34. The van der Waals surface area contributed by atoms with Gasteiger partial charge in [0.25, 0.3) is 0 Å². The lowest BCUT2D eigenvalue weighted by molar-refractivity contribution is -0.123. The van der Waals surface area contributed by atoms with Crippen molar-refractivity contribution >= 4 is 5.91 Å². The summed E-state index contributed by atoms with van der Waals surface area (Å²) in [6, 6.07) is 12.1. The number of aliphatic hydroxyl groups is 1. The van der Waals surface area contributed by atoms with E-state index in [0.717, 1.165) is 12.8 Å². The SMILES string of the molecule is O=C(C[C@H](O)c1cccc(F)c1)NCC1(c2ccccc2F)CC1. The second-order valence-corrected chi connectivity index (χ2v) is 6.31. The van der Waals surface area contributed by atoms with Gasteiger partial charge in [-0.1, -0.05) is 30.3 Å². The normalized spacial score (nSPS) is 16.5. The number of halogens is 2. The molecule has 1 atom stereocenters. The lowest BCUT2D eigenvalue weighted by Crippen LogP contribution is -2.33. The second kappa shape index (κ2) is 6.69. The maximum Gasteiger partial charge on any atom is 0.222 e. The molecule has 0 unspecified atom stereocenters. The third-order valence-electron chi connectivity index (χ3n) is 4.53. The fourth-order valence-corrected chi connectivity index (χ4v) is 2.93. The molecule has 2 aromatic carbocycles. The Hall–Kier alpha value is -2.27. The molecule has 0 aliphatic heterocycles. The summed E-state index contributed by atoms with van der Waals surface area (Å²) in [5, 5.41) is 12.8. The molecule has 1 saturated carbocycles. The van der Waals surface area contributed by atoms with Crippen molar-refractivity contribution in [3.63, 3.8) is 0 Å². The van der Waals surface area contributed by atoms with Crippen LogP contribution in [0.5, 0.6) is 0 Å². The molecule has 3 nitrogen and oxygen atoms in total. The minimum atomic E-state index is -1.07. The van der Waals surface area contributed by atoms with E-state index >= 15 is 0 Å². The van der Waals surface area contributed by atoms with Gasteiger partial charge >= 0.3 is 0 Å². The maximum absolute atomic E-state index is 13.9. The van der Waals surface area contributed by atoms with Crippen LogP contribution in [-0.2, 0) is 10.2 Å². The molecule has 2 aromatic rings. The van der Waals surface area contributed by atoms with E-state index in [0.29, 0.717) is 17.7 Å². The molecule has 24 heavy (non-hydrogen) atoms. The zero-order valence-electron chi connectivity index (χ0n) is 13.1. The number of aliphatic hydroxyl groups excluding tert-OH is 1. The van der Waals surface area contributed by atoms with E-state index in [4.69, 9.17) is 0 Å². The molecule has 1 fully saturated rings. The predicted molar refractivity (Wildman–Crippen MR) is 86.3 cm³/mol. The zero-order chi connectivity index (χ0) is 17.2. The third-order valence-corrected chi connectivity index (χ3v) is 4.53. The zero-order valence-corrected chi connectivity index (χ0v) is 13.1. The van der Waals surface area contributed by atoms with Crippen LogP contribution in [0, 0.1) is 11.6 Å². The molecule has 5 heteroatoms. The van der Waals surface area contributed by atoms with Crippen molar-refractivity contribution in [3.8, 4) is 0 Å². The van der Waals surface area contributed by atoms with E-state index in [1.807, 2.05) is 0 Å². The van der Waals surface area contributed by atoms with Gasteiger partial charge in [-0.25, -0.2) is 8.78 Å². The Morgan fingerprint density at radius 1 is 1.17 bits per heavy atom. The number of nitrogens with one attached hydrogen (secondary N) is 1. The Morgan fingerprint density at radius 2 is 1.92 bits per heavy atom. The lowest BCUT2D eigenvalue weighted by atomic mass is 9.95. The van der Waals surface area contributed by atoms with Crippen LogP contribution in [0.3, 0.4) is 0 Å². The van der Waals surface area contributed by atoms with Crippen molar-refractivity contribution in [1.82, 2.24) is 5.32 Å². The minimum Gasteiger partial charge on any atom is -0.388 e. The van der Waals surface area contributed by atoms with Gasteiger partial charge in [-0.15, -0.1) is 0 Å². The number of carbonyl (C=O) groups excluding carboxylic acids is 1. The molecule has 3 rings (SSSR count). The lowest BCUT2D eigenvalue weighted by Gasteiger charge is -2.18. The maximum atomic E-state index is 13.9. The largest absolute Gasteiger partial charge is 0.388 e. The third kappa shape index (κ3) is 3.62. The number of rotatable bonds is 6. The summed E-state index contributed by atoms with van der Waals surface area (Å²) in [5.41, 5.74) is 0.640. The standard InChI is InChI=1S/C19H19F2NO2/c20-14-5-3-4-13(10-14)17(23)11-18(24)22-12-19(8-9-19)15-6-1-2-7-16(15)21/h1-7,10,17,23H,8-9,11-12H2,(H,22,24)/t17-/m0/s1. The van der Waals surface area contributed by atoms with Gasteiger partial charge in [0.1, 0.15) is 11.6 Å². The van der Waals surface area contributed by atoms with Crippen LogP contribution < -0.4 is 5.32 Å². The van der Waals surface area contributed by atoms with Gasteiger partial charge in [0.15, 0.2) is 0 Å². The van der Waals surface area contributed by atoms with E-state index in [2.05, 4.69) is 5.32 Å². The number of hydrogen-bond acceptors (Lipinski definition) is 2. The van der Waals surface area contributed by atoms with Gasteiger partial charge in [0, 0.05) is 12.0 Å². The fraction of sp³-hybridized carbons (Fsp3) is 0.316. The van der Waals surface area contributed by atoms with Gasteiger partial charge in [-0.05, 0) is 42.2 Å². The Kier molecular flexibility index (Phi) is 4.62. The first-order chi connectivity index (χ1) is 11.5. The summed E-state index contributed by atoms with van der Waals surface area (Å²) in [5.74, 6) is -1.05. The molecule has 2 N–H and O–H groups in total. The van der Waals surface area contributed by atoms with E-state index in [1.165, 1.54) is 24.3 Å². The molecule has 0 saturated heterocycles. The van der Waals surface area contributed by atoms with Crippen LogP contribution in [0.15, 0.2) is 48.5 Å². The predicted octanol–water partition coefficient (Wildman–Crippen LogP) is 3.24. The highest BCUT2D eigenvalue weighted by Gasteiger charge is 2.45. The first-order valence-electron chi connectivity index (χ1n) is 7.95. The minimum absolute atomic E-state index is 0.156. The molecular weight excluding hydrogens is 312 g/mol. The molecular formula is C19H19F2NO2. The number of hydrogen-bond donors (Lipinski definition) is 2. The highest BCUT2D eigenvalue weighted by molar-refractivity contribution is 5.76. The summed E-state index contributed by atoms with van der Waals surface area (Å²) in [6.07, 6.45) is 0.419. The Labute approximate surface area is 139 Å². The van der Waals surface area contributed by atoms with E-state index in [1.54, 1.807) is 24.3 Å². The summed E-state index contributed by atoms with van der Waals surface area (Å²) >= 11 is 0. The van der Waals surface area contributed by atoms with Gasteiger partial charge in [-0.2, -0.15) is 0 Å². The second-order valence-electron chi connectivity index (χ2n) is 6.31. The molecule has 1 amide bonds. The molecule has 126 valence electrons. The van der Waals surface area contributed by atoms with Crippen molar-refractivity contribution in [2.45, 2.75) is 30.8 Å². The molecule has 0 bridgehead atoms. The van der Waals surface area contributed by atoms with Gasteiger partial charge < -0.3 is 10.4 Å². The smallest absolute Gasteiger partial charge is 0.222 e. The summed E-state index contributed by atoms with van der Waals surface area (Å²) < 4.78 is 27.1. The van der Waals surface area contributed by atoms with Crippen molar-refractivity contribution in [2.24, 2.45) is 0 Å². The molecule has 0 radical (unpaired) electrons. The highest BCUT2D eigenvalue weighted by atomic mass is 19.1. The van der Waals surface area contributed by atoms with Crippen molar-refractivity contribution in [1.29, 1.82) is 0 Å². The summed E-state index contributed by atoms with van der Waals surface area (Å²) in [4.78, 5) is 12.0. The molecule has 0 aromatic heterocycles. The van der Waals surface area contributed by atoms with Gasteiger partial charge in [0.2, 0.25) is 5.91 Å². The van der Waals surface area contributed by atoms with E-state index < -0.39 is 11.9 Å².